The van der Waals surface area contributed by atoms with Crippen LogP contribution in [0.1, 0.15) is 11.1 Å². The average Bonchev–Trinajstić information content (AvgIpc) is 2.54. The van der Waals surface area contributed by atoms with E-state index in [0.717, 1.165) is 15.8 Å². The summed E-state index contributed by atoms with van der Waals surface area (Å²) in [6.45, 7) is 0. The summed E-state index contributed by atoms with van der Waals surface area (Å²) >= 11 is 3.33. The van der Waals surface area contributed by atoms with Crippen LogP contribution < -0.4 is 10.5 Å². The Morgan fingerprint density at radius 3 is 2.36 bits per heavy atom. The Bertz CT molecular complexity index is 667. The second-order valence-corrected chi connectivity index (χ2v) is 5.39. The normalized spacial score (nSPS) is 11.1. The predicted molar refractivity (Wildman–Crippen MR) is 87.7 cm³/mol. The molecular weight excluding hydrogens is 348 g/mol. The summed E-state index contributed by atoms with van der Waals surface area (Å²) in [5.74, 6) is 0.399. The highest BCUT2D eigenvalue weighted by Crippen LogP contribution is 2.12. The number of halogens is 1. The minimum atomic E-state index is -0.481. The van der Waals surface area contributed by atoms with Gasteiger partial charge in [-0.25, -0.2) is 4.79 Å². The smallest absolute Gasteiger partial charge is 0.339 e. The van der Waals surface area contributed by atoms with Crippen LogP contribution in [0.4, 0.5) is 0 Å². The van der Waals surface area contributed by atoms with Gasteiger partial charge in [0.15, 0.2) is 5.84 Å². The Morgan fingerprint density at radius 2 is 1.77 bits per heavy atom. The molecule has 2 aromatic rings. The van der Waals surface area contributed by atoms with Crippen molar-refractivity contribution in [2.24, 2.45) is 10.9 Å². The highest BCUT2D eigenvalue weighted by molar-refractivity contribution is 9.10. The highest BCUT2D eigenvalue weighted by atomic mass is 79.9. The lowest BCUT2D eigenvalue weighted by Crippen LogP contribution is -2.15. The summed E-state index contributed by atoms with van der Waals surface area (Å²) in [6, 6.07) is 14.4. The maximum atomic E-state index is 11.7. The van der Waals surface area contributed by atoms with Crippen LogP contribution in [-0.4, -0.2) is 18.9 Å². The van der Waals surface area contributed by atoms with E-state index in [4.69, 9.17) is 15.3 Å². The number of benzene rings is 2. The molecule has 0 heterocycles. The SMILES string of the molecule is COc1ccc(CC(=O)O/N=C(/N)c2ccc(Br)cc2)cc1. The van der Waals surface area contributed by atoms with E-state index in [0.29, 0.717) is 5.56 Å². The van der Waals surface area contributed by atoms with E-state index in [9.17, 15) is 4.79 Å². The molecule has 0 saturated heterocycles. The second-order valence-electron chi connectivity index (χ2n) is 4.47. The summed E-state index contributed by atoms with van der Waals surface area (Å²) in [4.78, 5) is 16.6. The van der Waals surface area contributed by atoms with E-state index in [1.165, 1.54) is 0 Å². The van der Waals surface area contributed by atoms with E-state index in [1.54, 1.807) is 43.5 Å². The molecule has 114 valence electrons. The van der Waals surface area contributed by atoms with Gasteiger partial charge in [-0.3, -0.25) is 0 Å². The molecule has 22 heavy (non-hydrogen) atoms. The first-order chi connectivity index (χ1) is 10.6. The van der Waals surface area contributed by atoms with Crippen LogP contribution in [0.15, 0.2) is 58.2 Å². The first-order valence-corrected chi connectivity index (χ1v) is 7.30. The van der Waals surface area contributed by atoms with Gasteiger partial charge in [-0.05, 0) is 29.8 Å². The molecule has 0 aliphatic heterocycles. The van der Waals surface area contributed by atoms with Gasteiger partial charge in [0.1, 0.15) is 5.75 Å². The number of ether oxygens (including phenoxy) is 1. The zero-order chi connectivity index (χ0) is 15.9. The van der Waals surface area contributed by atoms with E-state index in [-0.39, 0.29) is 12.3 Å². The van der Waals surface area contributed by atoms with Crippen molar-refractivity contribution in [1.29, 1.82) is 0 Å². The molecular formula is C16H15BrN2O3. The Hall–Kier alpha value is -2.34. The lowest BCUT2D eigenvalue weighted by molar-refractivity contribution is -0.142. The van der Waals surface area contributed by atoms with Crippen molar-refractivity contribution in [3.8, 4) is 5.75 Å². The molecule has 0 bridgehead atoms. The Labute approximate surface area is 136 Å². The molecule has 0 aliphatic rings. The van der Waals surface area contributed by atoms with Gasteiger partial charge in [0, 0.05) is 10.0 Å². The third-order valence-electron chi connectivity index (χ3n) is 2.89. The average molecular weight is 363 g/mol. The van der Waals surface area contributed by atoms with Gasteiger partial charge < -0.3 is 15.3 Å². The molecule has 0 saturated carbocycles. The van der Waals surface area contributed by atoms with Crippen LogP contribution in [0, 0.1) is 0 Å². The minimum Gasteiger partial charge on any atom is -0.497 e. The van der Waals surface area contributed by atoms with E-state index in [1.807, 2.05) is 12.1 Å². The van der Waals surface area contributed by atoms with Crippen LogP contribution in [0.3, 0.4) is 0 Å². The van der Waals surface area contributed by atoms with Crippen molar-refractivity contribution in [3.05, 3.63) is 64.1 Å². The number of hydrogen-bond acceptors (Lipinski definition) is 4. The number of hydrogen-bond donors (Lipinski definition) is 1. The number of carbonyl (C=O) groups excluding carboxylic acids is 1. The summed E-state index contributed by atoms with van der Waals surface area (Å²) in [6.07, 6.45) is 0.112. The van der Waals surface area contributed by atoms with Crippen LogP contribution in [0.2, 0.25) is 0 Å². The lowest BCUT2D eigenvalue weighted by atomic mass is 10.1. The zero-order valence-corrected chi connectivity index (χ0v) is 13.5. The third kappa shape index (κ3) is 4.60. The van der Waals surface area contributed by atoms with Gasteiger partial charge >= 0.3 is 5.97 Å². The van der Waals surface area contributed by atoms with Crippen molar-refractivity contribution >= 4 is 27.7 Å². The summed E-state index contributed by atoms with van der Waals surface area (Å²) in [5, 5.41) is 3.66. The molecule has 0 fully saturated rings. The van der Waals surface area contributed by atoms with Crippen LogP contribution in [-0.2, 0) is 16.1 Å². The second kappa shape index (κ2) is 7.61. The molecule has 0 amide bonds. The van der Waals surface area contributed by atoms with Crippen molar-refractivity contribution < 1.29 is 14.4 Å². The monoisotopic (exact) mass is 362 g/mol. The molecule has 2 aromatic carbocycles. The quantitative estimate of drug-likeness (QED) is 0.384. The number of nitrogens with zero attached hydrogens (tertiary/aromatic N) is 1. The molecule has 0 spiro atoms. The third-order valence-corrected chi connectivity index (χ3v) is 3.42. The summed E-state index contributed by atoms with van der Waals surface area (Å²) in [5.41, 5.74) is 7.26. The van der Waals surface area contributed by atoms with Gasteiger partial charge in [-0.2, -0.15) is 0 Å². The number of rotatable bonds is 5. The van der Waals surface area contributed by atoms with E-state index < -0.39 is 5.97 Å². The first kappa shape index (κ1) is 16.0. The van der Waals surface area contributed by atoms with Crippen molar-refractivity contribution in [2.45, 2.75) is 6.42 Å². The first-order valence-electron chi connectivity index (χ1n) is 6.50. The zero-order valence-electron chi connectivity index (χ0n) is 12.0. The van der Waals surface area contributed by atoms with Gasteiger partial charge in [0.25, 0.3) is 0 Å². The number of carbonyl (C=O) groups is 1. The maximum absolute atomic E-state index is 11.7. The standard InChI is InChI=1S/C16H15BrN2O3/c1-21-14-8-2-11(3-9-14)10-15(20)22-19-16(18)12-4-6-13(17)7-5-12/h2-9H,10H2,1H3,(H2,18,19). The fraction of sp³-hybridized carbons (Fsp3) is 0.125. The topological polar surface area (TPSA) is 73.9 Å². The van der Waals surface area contributed by atoms with Crippen molar-refractivity contribution in [1.82, 2.24) is 0 Å². The van der Waals surface area contributed by atoms with Gasteiger partial charge in [-0.15, -0.1) is 0 Å². The molecule has 0 unspecified atom stereocenters. The van der Waals surface area contributed by atoms with Crippen LogP contribution in [0.25, 0.3) is 0 Å². The highest BCUT2D eigenvalue weighted by Gasteiger charge is 2.06. The molecule has 0 aromatic heterocycles. The summed E-state index contributed by atoms with van der Waals surface area (Å²) in [7, 11) is 1.59. The van der Waals surface area contributed by atoms with Crippen molar-refractivity contribution in [3.63, 3.8) is 0 Å². The van der Waals surface area contributed by atoms with Crippen LogP contribution in [0.5, 0.6) is 5.75 Å². The molecule has 2 rings (SSSR count). The Kier molecular flexibility index (Phi) is 5.55. The minimum absolute atomic E-state index is 0.112. The predicted octanol–water partition coefficient (Wildman–Crippen LogP) is 2.86. The van der Waals surface area contributed by atoms with Gasteiger partial charge in [-0.1, -0.05) is 45.4 Å². The molecule has 2 N–H and O–H groups in total. The fourth-order valence-electron chi connectivity index (χ4n) is 1.72. The van der Waals surface area contributed by atoms with Gasteiger partial charge in [0.05, 0.1) is 13.5 Å². The maximum Gasteiger partial charge on any atom is 0.339 e. The molecule has 0 aliphatic carbocycles. The van der Waals surface area contributed by atoms with Crippen molar-refractivity contribution in [2.75, 3.05) is 7.11 Å². The largest absolute Gasteiger partial charge is 0.497 e. The molecule has 6 heteroatoms. The number of nitrogens with two attached hydrogens (primary N) is 1. The Morgan fingerprint density at radius 1 is 1.14 bits per heavy atom. The van der Waals surface area contributed by atoms with Gasteiger partial charge in [0.2, 0.25) is 0 Å². The molecule has 0 radical (unpaired) electrons. The van der Waals surface area contributed by atoms with E-state index >= 15 is 0 Å². The summed E-state index contributed by atoms with van der Waals surface area (Å²) < 4.78 is 5.98. The Balaban J connectivity index is 1.93. The van der Waals surface area contributed by atoms with Crippen LogP contribution >= 0.6 is 15.9 Å². The lowest BCUT2D eigenvalue weighted by Gasteiger charge is -2.03. The molecule has 0 atom stereocenters. The fourth-order valence-corrected chi connectivity index (χ4v) is 1.98. The molecule has 5 nitrogen and oxygen atoms in total. The number of methoxy groups -OCH3 is 1. The van der Waals surface area contributed by atoms with E-state index in [2.05, 4.69) is 21.1 Å². The number of oxime groups is 1. The number of amidine groups is 1.